The molecule has 0 aliphatic heterocycles. The van der Waals surface area contributed by atoms with Gasteiger partial charge in [0.05, 0.1) is 11.4 Å². The number of aromatic nitrogens is 2. The van der Waals surface area contributed by atoms with Crippen LogP contribution in [0.5, 0.6) is 0 Å². The highest BCUT2D eigenvalue weighted by Crippen LogP contribution is 2.27. The van der Waals surface area contributed by atoms with E-state index in [0.717, 1.165) is 23.3 Å². The summed E-state index contributed by atoms with van der Waals surface area (Å²) < 4.78 is 2.17. The molecule has 0 aliphatic carbocycles. The van der Waals surface area contributed by atoms with Gasteiger partial charge >= 0.3 is 0 Å². The second-order valence-corrected chi connectivity index (χ2v) is 6.16. The van der Waals surface area contributed by atoms with Gasteiger partial charge in [-0.3, -0.25) is 0 Å². The lowest BCUT2D eigenvalue weighted by Gasteiger charge is -2.07. The zero-order valence-corrected chi connectivity index (χ0v) is 13.5. The molecule has 2 heterocycles. The molecule has 3 aromatic rings. The van der Waals surface area contributed by atoms with E-state index in [9.17, 15) is 0 Å². The summed E-state index contributed by atoms with van der Waals surface area (Å²) in [5.74, 6) is 0.543. The van der Waals surface area contributed by atoms with E-state index in [0.29, 0.717) is 12.5 Å². The predicted molar refractivity (Wildman–Crippen MR) is 92.2 cm³/mol. The van der Waals surface area contributed by atoms with Crippen LogP contribution >= 0.6 is 0 Å². The van der Waals surface area contributed by atoms with Gasteiger partial charge in [0, 0.05) is 18.2 Å². The Morgan fingerprint density at radius 3 is 2.45 bits per heavy atom. The maximum absolute atomic E-state index is 5.82. The van der Waals surface area contributed by atoms with E-state index >= 15 is 0 Å². The molecule has 0 amide bonds. The third-order valence-electron chi connectivity index (χ3n) is 4.10. The summed E-state index contributed by atoms with van der Waals surface area (Å²) in [5, 5.41) is 0. The van der Waals surface area contributed by atoms with Gasteiger partial charge in [-0.25, -0.2) is 4.98 Å². The van der Waals surface area contributed by atoms with Crippen LogP contribution in [0.3, 0.4) is 0 Å². The van der Waals surface area contributed by atoms with Gasteiger partial charge in [0.1, 0.15) is 5.65 Å². The van der Waals surface area contributed by atoms with Gasteiger partial charge in [0.25, 0.3) is 0 Å². The summed E-state index contributed by atoms with van der Waals surface area (Å²) in [5.41, 5.74) is 12.8. The number of hydrogen-bond donors (Lipinski definition) is 1. The molecule has 114 valence electrons. The highest BCUT2D eigenvalue weighted by Gasteiger charge is 2.13. The molecule has 2 N–H and O–H groups in total. The topological polar surface area (TPSA) is 43.3 Å². The predicted octanol–water partition coefficient (Wildman–Crippen LogP) is 3.93. The van der Waals surface area contributed by atoms with E-state index in [1.54, 1.807) is 0 Å². The second kappa shape index (κ2) is 5.93. The molecule has 0 bridgehead atoms. The van der Waals surface area contributed by atoms with Gasteiger partial charge in [-0.1, -0.05) is 44.2 Å². The highest BCUT2D eigenvalue weighted by atomic mass is 15.0. The third-order valence-corrected chi connectivity index (χ3v) is 4.10. The molecule has 1 aromatic carbocycles. The minimum absolute atomic E-state index is 0.543. The van der Waals surface area contributed by atoms with Crippen molar-refractivity contribution in [1.82, 2.24) is 9.38 Å². The molecule has 0 aliphatic rings. The lowest BCUT2D eigenvalue weighted by atomic mass is 10.00. The molecule has 0 spiro atoms. The smallest absolute Gasteiger partial charge is 0.137 e. The summed E-state index contributed by atoms with van der Waals surface area (Å²) in [7, 11) is 0. The molecule has 3 heteroatoms. The van der Waals surface area contributed by atoms with Crippen LogP contribution in [-0.2, 0) is 6.42 Å². The molecule has 3 rings (SSSR count). The molecular weight excluding hydrogens is 270 g/mol. The van der Waals surface area contributed by atoms with E-state index in [2.05, 4.69) is 67.8 Å². The van der Waals surface area contributed by atoms with Gasteiger partial charge in [-0.05, 0) is 36.6 Å². The number of nitrogens with zero attached hydrogens (tertiary/aromatic N) is 2. The maximum Gasteiger partial charge on any atom is 0.137 e. The van der Waals surface area contributed by atoms with Crippen molar-refractivity contribution >= 4 is 5.65 Å². The Hall–Kier alpha value is -2.13. The zero-order chi connectivity index (χ0) is 15.7. The Morgan fingerprint density at radius 1 is 1.09 bits per heavy atom. The van der Waals surface area contributed by atoms with Crippen molar-refractivity contribution < 1.29 is 0 Å². The van der Waals surface area contributed by atoms with Crippen molar-refractivity contribution in [2.75, 3.05) is 6.54 Å². The summed E-state index contributed by atoms with van der Waals surface area (Å²) in [6, 6.07) is 12.9. The monoisotopic (exact) mass is 293 g/mol. The summed E-state index contributed by atoms with van der Waals surface area (Å²) in [4.78, 5) is 4.82. The minimum atomic E-state index is 0.543. The SMILES string of the molecule is Cc1ccc2nc(-c3ccc(C(C)C)cc3)c(CCN)n2c1. The second-order valence-electron chi connectivity index (χ2n) is 6.16. The fourth-order valence-electron chi connectivity index (χ4n) is 2.83. The first-order chi connectivity index (χ1) is 10.6. The Kier molecular flexibility index (Phi) is 3.99. The van der Waals surface area contributed by atoms with Crippen molar-refractivity contribution in [2.45, 2.75) is 33.1 Å². The average molecular weight is 293 g/mol. The fraction of sp³-hybridized carbons (Fsp3) is 0.316. The molecule has 0 fully saturated rings. The van der Waals surface area contributed by atoms with Crippen molar-refractivity contribution in [3.63, 3.8) is 0 Å². The van der Waals surface area contributed by atoms with Crippen molar-refractivity contribution in [2.24, 2.45) is 5.73 Å². The van der Waals surface area contributed by atoms with Gasteiger partial charge < -0.3 is 10.1 Å². The average Bonchev–Trinajstić information content (AvgIpc) is 2.86. The van der Waals surface area contributed by atoms with Crippen molar-refractivity contribution in [3.05, 3.63) is 59.4 Å². The molecule has 0 atom stereocenters. The molecule has 0 unspecified atom stereocenters. The molecule has 3 nitrogen and oxygen atoms in total. The number of pyridine rings is 1. The first kappa shape index (κ1) is 14.8. The number of rotatable bonds is 4. The molecule has 2 aromatic heterocycles. The first-order valence-electron chi connectivity index (χ1n) is 7.88. The molecular formula is C19H23N3. The number of aryl methyl sites for hydroxylation is 1. The number of imidazole rings is 1. The van der Waals surface area contributed by atoms with Crippen LogP contribution in [0.4, 0.5) is 0 Å². The third kappa shape index (κ3) is 2.64. The van der Waals surface area contributed by atoms with Gasteiger partial charge in [0.15, 0.2) is 0 Å². The van der Waals surface area contributed by atoms with E-state index in [1.807, 2.05) is 0 Å². The van der Waals surface area contributed by atoms with Gasteiger partial charge in [-0.2, -0.15) is 0 Å². The number of nitrogens with two attached hydrogens (primary N) is 1. The van der Waals surface area contributed by atoms with Crippen molar-refractivity contribution in [3.8, 4) is 11.3 Å². The minimum Gasteiger partial charge on any atom is -0.330 e. The van der Waals surface area contributed by atoms with E-state index in [4.69, 9.17) is 10.7 Å². The first-order valence-corrected chi connectivity index (χ1v) is 7.88. The summed E-state index contributed by atoms with van der Waals surface area (Å²) >= 11 is 0. The Balaban J connectivity index is 2.14. The Labute approximate surface area is 131 Å². The van der Waals surface area contributed by atoms with Crippen LogP contribution in [0, 0.1) is 6.92 Å². The van der Waals surface area contributed by atoms with Crippen LogP contribution in [0.15, 0.2) is 42.6 Å². The van der Waals surface area contributed by atoms with Crippen LogP contribution in [0.25, 0.3) is 16.9 Å². The van der Waals surface area contributed by atoms with Crippen LogP contribution < -0.4 is 5.73 Å². The highest BCUT2D eigenvalue weighted by molar-refractivity contribution is 5.67. The fourth-order valence-corrected chi connectivity index (χ4v) is 2.83. The lowest BCUT2D eigenvalue weighted by Crippen LogP contribution is -2.06. The largest absolute Gasteiger partial charge is 0.330 e. The van der Waals surface area contributed by atoms with E-state index in [1.165, 1.54) is 16.8 Å². The van der Waals surface area contributed by atoms with E-state index in [-0.39, 0.29) is 0 Å². The van der Waals surface area contributed by atoms with Crippen molar-refractivity contribution in [1.29, 1.82) is 0 Å². The van der Waals surface area contributed by atoms with Gasteiger partial charge in [0.2, 0.25) is 0 Å². The Morgan fingerprint density at radius 2 is 1.82 bits per heavy atom. The van der Waals surface area contributed by atoms with Gasteiger partial charge in [-0.15, -0.1) is 0 Å². The number of fused-ring (bicyclic) bond motifs is 1. The van der Waals surface area contributed by atoms with Crippen LogP contribution in [-0.4, -0.2) is 15.9 Å². The molecule has 0 radical (unpaired) electrons. The molecule has 0 saturated carbocycles. The normalized spacial score (nSPS) is 11.5. The summed E-state index contributed by atoms with van der Waals surface area (Å²) in [6.07, 6.45) is 2.96. The lowest BCUT2D eigenvalue weighted by molar-refractivity contribution is 0.866. The Bertz CT molecular complexity index is 782. The van der Waals surface area contributed by atoms with Crippen LogP contribution in [0.2, 0.25) is 0 Å². The standard InChI is InChI=1S/C19H23N3/c1-13(2)15-5-7-16(8-6-15)19-17(10-11-20)22-12-14(3)4-9-18(22)21-19/h4-9,12-13H,10-11,20H2,1-3H3. The quantitative estimate of drug-likeness (QED) is 0.792. The maximum atomic E-state index is 5.82. The van der Waals surface area contributed by atoms with Crippen LogP contribution in [0.1, 0.15) is 36.6 Å². The summed E-state index contributed by atoms with van der Waals surface area (Å²) in [6.45, 7) is 7.15. The molecule has 22 heavy (non-hydrogen) atoms. The number of benzene rings is 1. The zero-order valence-electron chi connectivity index (χ0n) is 13.5. The molecule has 0 saturated heterocycles. The van der Waals surface area contributed by atoms with E-state index < -0.39 is 0 Å². The number of hydrogen-bond acceptors (Lipinski definition) is 2.